The number of benzene rings is 2. The van der Waals surface area contributed by atoms with Crippen molar-refractivity contribution in [1.82, 2.24) is 9.88 Å². The van der Waals surface area contributed by atoms with Crippen molar-refractivity contribution in [2.75, 3.05) is 18.8 Å². The Morgan fingerprint density at radius 3 is 2.56 bits per heavy atom. The molecule has 1 aromatic heterocycles. The lowest BCUT2D eigenvalue weighted by atomic mass is 9.92. The monoisotopic (exact) mass is 426 g/mol. The van der Waals surface area contributed by atoms with E-state index in [0.29, 0.717) is 29.2 Å². The summed E-state index contributed by atoms with van der Waals surface area (Å²) in [6.07, 6.45) is 4.44. The van der Waals surface area contributed by atoms with Crippen molar-refractivity contribution in [2.45, 2.75) is 18.8 Å². The van der Waals surface area contributed by atoms with Gasteiger partial charge in [0.05, 0.1) is 11.4 Å². The highest BCUT2D eigenvalue weighted by Crippen LogP contribution is 2.33. The quantitative estimate of drug-likeness (QED) is 0.428. The average molecular weight is 427 g/mol. The number of likely N-dealkylation sites (tertiary alicyclic amines) is 1. The van der Waals surface area contributed by atoms with E-state index in [2.05, 4.69) is 6.58 Å². The molecular formula is C26H26N4O2. The number of ether oxygens (including phenoxy) is 1. The summed E-state index contributed by atoms with van der Waals surface area (Å²) in [4.78, 5) is 18.8. The van der Waals surface area contributed by atoms with Gasteiger partial charge in [0, 0.05) is 42.0 Å². The number of para-hydroxylation sites is 1. The normalized spacial score (nSPS) is 15.8. The van der Waals surface area contributed by atoms with Gasteiger partial charge in [0.15, 0.2) is 0 Å². The number of nitrogens with zero attached hydrogens (tertiary/aromatic N) is 2. The molecule has 2 aromatic carbocycles. The van der Waals surface area contributed by atoms with Crippen LogP contribution in [0.3, 0.4) is 0 Å². The van der Waals surface area contributed by atoms with Crippen LogP contribution in [0, 0.1) is 5.41 Å². The standard InChI is InChI=1S/C26H26N4O2/c1-2-24(31)30-14-6-7-19(17-30)23-15-20(16-27)25(28)26(29-23)18-10-12-22(13-11-18)32-21-8-4-3-5-9-21/h2-5,8-13,15-16,19,27H,1,6-7,14,17,28H2. The number of anilines is 1. The maximum atomic E-state index is 12.1. The molecule has 162 valence electrons. The van der Waals surface area contributed by atoms with E-state index in [1.807, 2.05) is 60.7 Å². The Kier molecular flexibility index (Phi) is 6.31. The number of hydrogen-bond acceptors (Lipinski definition) is 5. The molecule has 1 aliphatic heterocycles. The lowest BCUT2D eigenvalue weighted by Gasteiger charge is -2.32. The smallest absolute Gasteiger partial charge is 0.245 e. The highest BCUT2D eigenvalue weighted by atomic mass is 16.5. The molecule has 0 radical (unpaired) electrons. The highest BCUT2D eigenvalue weighted by Gasteiger charge is 2.26. The van der Waals surface area contributed by atoms with Crippen molar-refractivity contribution in [1.29, 1.82) is 5.41 Å². The lowest BCUT2D eigenvalue weighted by molar-refractivity contribution is -0.127. The van der Waals surface area contributed by atoms with E-state index in [1.54, 1.807) is 4.90 Å². The van der Waals surface area contributed by atoms with E-state index >= 15 is 0 Å². The van der Waals surface area contributed by atoms with Gasteiger partial charge in [0.1, 0.15) is 11.5 Å². The predicted octanol–water partition coefficient (Wildman–Crippen LogP) is 5.01. The van der Waals surface area contributed by atoms with Crippen LogP contribution in [-0.4, -0.2) is 35.1 Å². The summed E-state index contributed by atoms with van der Waals surface area (Å²) in [6, 6.07) is 19.1. The average Bonchev–Trinajstić information content (AvgIpc) is 2.85. The zero-order chi connectivity index (χ0) is 22.5. The van der Waals surface area contributed by atoms with Crippen molar-refractivity contribution in [3.05, 3.63) is 84.6 Å². The molecule has 1 amide bonds. The molecule has 6 heteroatoms. The highest BCUT2D eigenvalue weighted by molar-refractivity contribution is 5.91. The molecule has 1 unspecified atom stereocenters. The molecule has 0 saturated carbocycles. The van der Waals surface area contributed by atoms with Gasteiger partial charge < -0.3 is 20.8 Å². The van der Waals surface area contributed by atoms with Gasteiger partial charge in [0.2, 0.25) is 5.91 Å². The fourth-order valence-corrected chi connectivity index (χ4v) is 4.00. The number of nitrogen functional groups attached to an aromatic ring is 1. The molecule has 3 aromatic rings. The third-order valence-electron chi connectivity index (χ3n) is 5.70. The first-order chi connectivity index (χ1) is 15.6. The van der Waals surface area contributed by atoms with Crippen molar-refractivity contribution in [2.24, 2.45) is 0 Å². The van der Waals surface area contributed by atoms with Crippen LogP contribution in [0.25, 0.3) is 11.3 Å². The van der Waals surface area contributed by atoms with Crippen molar-refractivity contribution >= 4 is 17.8 Å². The molecule has 1 aliphatic rings. The van der Waals surface area contributed by atoms with Crippen molar-refractivity contribution in [3.8, 4) is 22.8 Å². The maximum Gasteiger partial charge on any atom is 0.245 e. The Balaban J connectivity index is 1.63. The number of nitrogens with two attached hydrogens (primary N) is 1. The number of carbonyl (C=O) groups is 1. The fraction of sp³-hybridized carbons (Fsp3) is 0.192. The van der Waals surface area contributed by atoms with Gasteiger partial charge in [-0.1, -0.05) is 24.8 Å². The molecule has 1 fully saturated rings. The summed E-state index contributed by atoms with van der Waals surface area (Å²) in [7, 11) is 0. The van der Waals surface area contributed by atoms with Crippen LogP contribution in [0.2, 0.25) is 0 Å². The second-order valence-corrected chi connectivity index (χ2v) is 7.81. The van der Waals surface area contributed by atoms with Crippen LogP contribution >= 0.6 is 0 Å². The number of carbonyl (C=O) groups excluding carboxylic acids is 1. The first-order valence-electron chi connectivity index (χ1n) is 10.6. The Bertz CT molecular complexity index is 1130. The minimum absolute atomic E-state index is 0.0633. The molecule has 3 N–H and O–H groups in total. The molecule has 4 rings (SSSR count). The largest absolute Gasteiger partial charge is 0.457 e. The summed E-state index contributed by atoms with van der Waals surface area (Å²) >= 11 is 0. The summed E-state index contributed by atoms with van der Waals surface area (Å²) < 4.78 is 5.87. The second-order valence-electron chi connectivity index (χ2n) is 7.81. The number of piperidine rings is 1. The fourth-order valence-electron chi connectivity index (χ4n) is 4.00. The zero-order valence-corrected chi connectivity index (χ0v) is 17.8. The molecule has 0 spiro atoms. The number of amides is 1. The maximum absolute atomic E-state index is 12.1. The van der Waals surface area contributed by atoms with Gasteiger partial charge in [0.25, 0.3) is 0 Å². The number of pyridine rings is 1. The molecular weight excluding hydrogens is 400 g/mol. The first kappa shape index (κ1) is 21.3. The van der Waals surface area contributed by atoms with Gasteiger partial charge in [-0.05, 0) is 61.4 Å². The number of nitrogens with one attached hydrogen (secondary N) is 1. The Morgan fingerprint density at radius 1 is 1.16 bits per heavy atom. The molecule has 6 nitrogen and oxygen atoms in total. The minimum Gasteiger partial charge on any atom is -0.457 e. The van der Waals surface area contributed by atoms with Crippen LogP contribution in [0.15, 0.2) is 73.3 Å². The topological polar surface area (TPSA) is 92.3 Å². The molecule has 1 atom stereocenters. The number of rotatable bonds is 6. The van der Waals surface area contributed by atoms with Gasteiger partial charge in [-0.25, -0.2) is 0 Å². The Labute approximate surface area is 187 Å². The number of aromatic nitrogens is 1. The van der Waals surface area contributed by atoms with E-state index in [0.717, 1.165) is 36.4 Å². The van der Waals surface area contributed by atoms with E-state index in [1.165, 1.54) is 12.3 Å². The Morgan fingerprint density at radius 2 is 1.88 bits per heavy atom. The Hall–Kier alpha value is -3.93. The van der Waals surface area contributed by atoms with Crippen LogP contribution in [0.5, 0.6) is 11.5 Å². The van der Waals surface area contributed by atoms with E-state index in [-0.39, 0.29) is 11.8 Å². The van der Waals surface area contributed by atoms with Crippen LogP contribution in [0.1, 0.15) is 30.0 Å². The third-order valence-corrected chi connectivity index (χ3v) is 5.70. The van der Waals surface area contributed by atoms with Gasteiger partial charge in [-0.2, -0.15) is 0 Å². The van der Waals surface area contributed by atoms with E-state index in [4.69, 9.17) is 20.9 Å². The van der Waals surface area contributed by atoms with Crippen molar-refractivity contribution in [3.63, 3.8) is 0 Å². The van der Waals surface area contributed by atoms with E-state index < -0.39 is 0 Å². The van der Waals surface area contributed by atoms with Crippen molar-refractivity contribution < 1.29 is 9.53 Å². The summed E-state index contributed by atoms with van der Waals surface area (Å²) in [5.74, 6) is 1.51. The van der Waals surface area contributed by atoms with Gasteiger partial charge in [-0.15, -0.1) is 0 Å². The zero-order valence-electron chi connectivity index (χ0n) is 17.8. The lowest BCUT2D eigenvalue weighted by Crippen LogP contribution is -2.38. The van der Waals surface area contributed by atoms with Gasteiger partial charge in [-0.3, -0.25) is 9.78 Å². The second kappa shape index (κ2) is 9.47. The van der Waals surface area contributed by atoms with Crippen LogP contribution in [-0.2, 0) is 4.79 Å². The third kappa shape index (κ3) is 4.54. The summed E-state index contributed by atoms with van der Waals surface area (Å²) in [5.41, 5.74) is 9.79. The van der Waals surface area contributed by atoms with E-state index in [9.17, 15) is 4.79 Å². The molecule has 32 heavy (non-hydrogen) atoms. The predicted molar refractivity (Wildman–Crippen MR) is 127 cm³/mol. The first-order valence-corrected chi connectivity index (χ1v) is 10.6. The number of hydrogen-bond donors (Lipinski definition) is 2. The van der Waals surface area contributed by atoms with Crippen LogP contribution < -0.4 is 10.5 Å². The summed E-state index contributed by atoms with van der Waals surface area (Å²) in [5, 5.41) is 7.82. The molecule has 0 aliphatic carbocycles. The minimum atomic E-state index is -0.0633. The summed E-state index contributed by atoms with van der Waals surface area (Å²) in [6.45, 7) is 4.91. The van der Waals surface area contributed by atoms with Gasteiger partial charge >= 0.3 is 0 Å². The SMILES string of the molecule is C=CC(=O)N1CCCC(c2cc(C=N)c(N)c(-c3ccc(Oc4ccccc4)cc3)n2)C1. The molecule has 2 heterocycles. The molecule has 0 bridgehead atoms. The van der Waals surface area contributed by atoms with Crippen LogP contribution in [0.4, 0.5) is 5.69 Å². The molecule has 1 saturated heterocycles.